The van der Waals surface area contributed by atoms with Gasteiger partial charge in [0.05, 0.1) is 18.6 Å². The summed E-state index contributed by atoms with van der Waals surface area (Å²) in [5.74, 6) is 0.654. The fourth-order valence-corrected chi connectivity index (χ4v) is 2.48. The zero-order chi connectivity index (χ0) is 15.9. The molecule has 1 N–H and O–H groups in total. The molecule has 0 aromatic carbocycles. The van der Waals surface area contributed by atoms with Crippen LogP contribution in [0.15, 0.2) is 0 Å². The van der Waals surface area contributed by atoms with Crippen molar-refractivity contribution in [1.29, 1.82) is 0 Å². The van der Waals surface area contributed by atoms with Crippen LogP contribution in [-0.2, 0) is 9.53 Å². The number of rotatable bonds is 8. The number of likely N-dealkylation sites (tertiary alicyclic amines) is 1. The summed E-state index contributed by atoms with van der Waals surface area (Å²) in [7, 11) is 6.18. The van der Waals surface area contributed by atoms with Crippen molar-refractivity contribution in [3.05, 3.63) is 0 Å². The lowest BCUT2D eigenvalue weighted by Crippen LogP contribution is -2.51. The van der Waals surface area contributed by atoms with Gasteiger partial charge >= 0.3 is 0 Å². The molecule has 0 aromatic heterocycles. The zero-order valence-corrected chi connectivity index (χ0v) is 14.4. The normalized spacial score (nSPS) is 19.2. The van der Waals surface area contributed by atoms with Crippen molar-refractivity contribution in [3.8, 4) is 0 Å². The average Bonchev–Trinajstić information content (AvgIpc) is 2.43. The van der Waals surface area contributed by atoms with Crippen LogP contribution >= 0.6 is 0 Å². The number of piperidine rings is 1. The van der Waals surface area contributed by atoms with Crippen molar-refractivity contribution in [2.24, 2.45) is 11.3 Å². The second kappa shape index (κ2) is 8.71. The maximum absolute atomic E-state index is 12.6. The van der Waals surface area contributed by atoms with Crippen LogP contribution in [0, 0.1) is 11.3 Å². The molecule has 124 valence electrons. The molecule has 5 heteroatoms. The minimum atomic E-state index is -0.340. The molecule has 1 heterocycles. The lowest BCUT2D eigenvalue weighted by molar-refractivity contribution is -0.138. The highest BCUT2D eigenvalue weighted by Gasteiger charge is 2.40. The van der Waals surface area contributed by atoms with Crippen LogP contribution in [0.25, 0.3) is 0 Å². The summed E-state index contributed by atoms with van der Waals surface area (Å²) < 4.78 is 5.83. The molecule has 5 nitrogen and oxygen atoms in total. The standard InChI is InChI=1S/C16H33N3O2/c1-14(2)12-17-15(20)16(6-8-19(5)9-7-16)13-21-11-10-18(3)4/h14H,6-13H2,1-5H3,(H,17,20). The second-order valence-electron chi connectivity index (χ2n) is 7.04. The number of ether oxygens (including phenoxy) is 1. The van der Waals surface area contributed by atoms with Gasteiger partial charge in [-0.2, -0.15) is 0 Å². The summed E-state index contributed by atoms with van der Waals surface area (Å²) in [6.45, 7) is 9.03. The topological polar surface area (TPSA) is 44.8 Å². The third-order valence-corrected chi connectivity index (χ3v) is 4.16. The summed E-state index contributed by atoms with van der Waals surface area (Å²) in [5.41, 5.74) is -0.340. The Bertz CT molecular complexity index is 311. The zero-order valence-electron chi connectivity index (χ0n) is 14.4. The fourth-order valence-electron chi connectivity index (χ4n) is 2.48. The van der Waals surface area contributed by atoms with Gasteiger partial charge in [-0.25, -0.2) is 0 Å². The summed E-state index contributed by atoms with van der Waals surface area (Å²) in [6.07, 6.45) is 1.77. The molecule has 1 amide bonds. The largest absolute Gasteiger partial charge is 0.379 e. The summed E-state index contributed by atoms with van der Waals surface area (Å²) >= 11 is 0. The molecule has 0 radical (unpaired) electrons. The van der Waals surface area contributed by atoms with E-state index >= 15 is 0 Å². The molecule has 0 saturated carbocycles. The summed E-state index contributed by atoms with van der Waals surface area (Å²) in [4.78, 5) is 17.0. The highest BCUT2D eigenvalue weighted by atomic mass is 16.5. The van der Waals surface area contributed by atoms with Crippen LogP contribution in [0.2, 0.25) is 0 Å². The highest BCUT2D eigenvalue weighted by Crippen LogP contribution is 2.32. The molecule has 1 rings (SSSR count). The minimum Gasteiger partial charge on any atom is -0.379 e. The second-order valence-corrected chi connectivity index (χ2v) is 7.04. The molecule has 0 aromatic rings. The van der Waals surface area contributed by atoms with E-state index in [9.17, 15) is 4.79 Å². The predicted octanol–water partition coefficient (Wildman–Crippen LogP) is 1.05. The first-order valence-corrected chi connectivity index (χ1v) is 8.05. The van der Waals surface area contributed by atoms with E-state index in [0.717, 1.165) is 39.0 Å². The van der Waals surface area contributed by atoms with E-state index in [1.807, 2.05) is 14.1 Å². The number of nitrogens with zero attached hydrogens (tertiary/aromatic N) is 2. The van der Waals surface area contributed by atoms with Crippen LogP contribution in [0.1, 0.15) is 26.7 Å². The monoisotopic (exact) mass is 299 g/mol. The van der Waals surface area contributed by atoms with Gasteiger partial charge < -0.3 is 19.9 Å². The van der Waals surface area contributed by atoms with Gasteiger partial charge in [-0.1, -0.05) is 13.8 Å². The number of carbonyl (C=O) groups is 1. The lowest BCUT2D eigenvalue weighted by atomic mass is 9.78. The summed E-state index contributed by atoms with van der Waals surface area (Å²) in [6, 6.07) is 0. The predicted molar refractivity (Wildman–Crippen MR) is 86.4 cm³/mol. The quantitative estimate of drug-likeness (QED) is 0.681. The van der Waals surface area contributed by atoms with Gasteiger partial charge in [0.1, 0.15) is 0 Å². The van der Waals surface area contributed by atoms with E-state index in [1.165, 1.54) is 0 Å². The first-order chi connectivity index (χ1) is 9.85. The maximum Gasteiger partial charge on any atom is 0.228 e. The van der Waals surface area contributed by atoms with E-state index in [-0.39, 0.29) is 11.3 Å². The number of hydrogen-bond acceptors (Lipinski definition) is 4. The molecule has 1 saturated heterocycles. The van der Waals surface area contributed by atoms with Gasteiger partial charge in [0.25, 0.3) is 0 Å². The fraction of sp³-hybridized carbons (Fsp3) is 0.938. The van der Waals surface area contributed by atoms with Gasteiger partial charge in [0.15, 0.2) is 0 Å². The molecule has 0 unspecified atom stereocenters. The number of nitrogens with one attached hydrogen (secondary N) is 1. The minimum absolute atomic E-state index is 0.175. The van der Waals surface area contributed by atoms with Gasteiger partial charge in [-0.15, -0.1) is 0 Å². The molecular weight excluding hydrogens is 266 g/mol. The van der Waals surface area contributed by atoms with E-state index in [2.05, 4.69) is 36.0 Å². The van der Waals surface area contributed by atoms with E-state index in [0.29, 0.717) is 19.1 Å². The SMILES string of the molecule is CC(C)CNC(=O)C1(COCCN(C)C)CCN(C)CC1. The van der Waals surface area contributed by atoms with Crippen molar-refractivity contribution in [2.45, 2.75) is 26.7 Å². The van der Waals surface area contributed by atoms with Gasteiger partial charge in [-0.3, -0.25) is 4.79 Å². The molecule has 1 aliphatic rings. The van der Waals surface area contributed by atoms with Crippen LogP contribution < -0.4 is 5.32 Å². The highest BCUT2D eigenvalue weighted by molar-refractivity contribution is 5.83. The molecule has 0 atom stereocenters. The Labute approximate surface area is 130 Å². The van der Waals surface area contributed by atoms with Crippen molar-refractivity contribution in [1.82, 2.24) is 15.1 Å². The molecular formula is C16H33N3O2. The molecule has 0 bridgehead atoms. The van der Waals surface area contributed by atoms with Crippen molar-refractivity contribution in [3.63, 3.8) is 0 Å². The third-order valence-electron chi connectivity index (χ3n) is 4.16. The Morgan fingerprint density at radius 2 is 1.95 bits per heavy atom. The van der Waals surface area contributed by atoms with Crippen molar-refractivity contribution >= 4 is 5.91 Å². The maximum atomic E-state index is 12.6. The average molecular weight is 299 g/mol. The van der Waals surface area contributed by atoms with Crippen molar-refractivity contribution in [2.75, 3.05) is 60.5 Å². The van der Waals surface area contributed by atoms with Crippen LogP contribution in [0.3, 0.4) is 0 Å². The smallest absolute Gasteiger partial charge is 0.228 e. The lowest BCUT2D eigenvalue weighted by Gasteiger charge is -2.39. The number of amides is 1. The number of hydrogen-bond donors (Lipinski definition) is 1. The first kappa shape index (κ1) is 18.4. The Morgan fingerprint density at radius 1 is 1.33 bits per heavy atom. The van der Waals surface area contributed by atoms with Gasteiger partial charge in [0.2, 0.25) is 5.91 Å². The van der Waals surface area contributed by atoms with Crippen LogP contribution in [0.4, 0.5) is 0 Å². The third kappa shape index (κ3) is 6.32. The Morgan fingerprint density at radius 3 is 2.48 bits per heavy atom. The molecule has 1 aliphatic heterocycles. The van der Waals surface area contributed by atoms with Crippen molar-refractivity contribution < 1.29 is 9.53 Å². The number of carbonyl (C=O) groups excluding carboxylic acids is 1. The Hall–Kier alpha value is -0.650. The van der Waals surface area contributed by atoms with E-state index in [4.69, 9.17) is 4.74 Å². The first-order valence-electron chi connectivity index (χ1n) is 8.05. The molecule has 0 aliphatic carbocycles. The van der Waals surface area contributed by atoms with E-state index < -0.39 is 0 Å². The van der Waals surface area contributed by atoms with Crippen LogP contribution in [-0.4, -0.2) is 76.2 Å². The molecule has 21 heavy (non-hydrogen) atoms. The van der Waals surface area contributed by atoms with Gasteiger partial charge in [0, 0.05) is 13.1 Å². The van der Waals surface area contributed by atoms with Crippen LogP contribution in [0.5, 0.6) is 0 Å². The van der Waals surface area contributed by atoms with Gasteiger partial charge in [-0.05, 0) is 53.0 Å². The number of likely N-dealkylation sites (N-methyl/N-ethyl adjacent to an activating group) is 1. The Balaban J connectivity index is 2.55. The molecule has 0 spiro atoms. The Kier molecular flexibility index (Phi) is 7.63. The summed E-state index contributed by atoms with van der Waals surface area (Å²) in [5, 5.41) is 3.11. The van der Waals surface area contributed by atoms with E-state index in [1.54, 1.807) is 0 Å². The molecule has 1 fully saturated rings.